The van der Waals surface area contributed by atoms with Crippen LogP contribution in [0.15, 0.2) is 10.7 Å². The van der Waals surface area contributed by atoms with Crippen molar-refractivity contribution in [2.45, 2.75) is 23.9 Å². The van der Waals surface area contributed by atoms with Crippen molar-refractivity contribution in [3.05, 3.63) is 10.7 Å². The van der Waals surface area contributed by atoms with Gasteiger partial charge in [0.25, 0.3) is 5.91 Å². The van der Waals surface area contributed by atoms with Gasteiger partial charge in [0.05, 0.1) is 17.0 Å². The number of fused-ring (bicyclic) bond motifs is 1. The number of aliphatic imine (C=N–C) groups is 1. The summed E-state index contributed by atoms with van der Waals surface area (Å²) in [6, 6.07) is -1.33. The lowest BCUT2D eigenvalue weighted by molar-refractivity contribution is -0.150. The van der Waals surface area contributed by atoms with Gasteiger partial charge in [-0.15, -0.1) is 22.0 Å². The first kappa shape index (κ1) is 20.8. The van der Waals surface area contributed by atoms with Gasteiger partial charge in [0.1, 0.15) is 28.2 Å². The first-order chi connectivity index (χ1) is 14.3. The van der Waals surface area contributed by atoms with Gasteiger partial charge in [-0.3, -0.25) is 24.9 Å². The SMILES string of the molecule is CN(C)c1nnc(C2=C(C(=O)O)N3C(=O)C(NC(=O)CC4N=CSC4=N)[C@H]3SC2)s1. The molecule has 3 N–H and O–H groups in total. The normalized spacial score (nSPS) is 25.3. The minimum Gasteiger partial charge on any atom is -0.477 e. The van der Waals surface area contributed by atoms with E-state index in [4.69, 9.17) is 5.41 Å². The number of carboxylic acids is 1. The van der Waals surface area contributed by atoms with Gasteiger partial charge in [-0.2, -0.15) is 0 Å². The summed E-state index contributed by atoms with van der Waals surface area (Å²) in [4.78, 5) is 44.0. The molecule has 4 heterocycles. The highest BCUT2D eigenvalue weighted by Gasteiger charge is 2.54. The maximum absolute atomic E-state index is 12.7. The molecule has 0 radical (unpaired) electrons. The summed E-state index contributed by atoms with van der Waals surface area (Å²) in [5.74, 6) is -1.76. The fourth-order valence-electron chi connectivity index (χ4n) is 3.16. The van der Waals surface area contributed by atoms with Gasteiger partial charge < -0.3 is 15.3 Å². The van der Waals surface area contributed by atoms with E-state index in [0.717, 1.165) is 11.8 Å². The Morgan fingerprint density at radius 1 is 1.40 bits per heavy atom. The maximum atomic E-state index is 12.7. The van der Waals surface area contributed by atoms with Crippen LogP contribution in [0.25, 0.3) is 5.57 Å². The van der Waals surface area contributed by atoms with Crippen LogP contribution in [-0.4, -0.2) is 85.9 Å². The number of carboxylic acid groups (broad SMARTS) is 1. The number of anilines is 1. The zero-order valence-electron chi connectivity index (χ0n) is 15.9. The predicted molar refractivity (Wildman–Crippen MR) is 116 cm³/mol. The van der Waals surface area contributed by atoms with Crippen molar-refractivity contribution in [3.8, 4) is 0 Å². The first-order valence-electron chi connectivity index (χ1n) is 8.76. The standard InChI is InChI=1S/C16H17N7O4S3/c1-22(2)16-21-20-12(30-16)6-4-28-14-9(13(25)23(14)10(6)15(26)27)19-8(24)3-7-11(17)29-5-18-7/h5,7,9,14,17H,3-4H2,1-2H3,(H,19,24)(H,26,27)/t7?,9?,14-/m1/s1. The number of carbonyl (C=O) groups excluding carboxylic acids is 2. The van der Waals surface area contributed by atoms with Crippen LogP contribution in [0.2, 0.25) is 0 Å². The van der Waals surface area contributed by atoms with Gasteiger partial charge in [-0.1, -0.05) is 23.1 Å². The molecule has 3 aliphatic rings. The van der Waals surface area contributed by atoms with Crippen LogP contribution in [0.5, 0.6) is 0 Å². The van der Waals surface area contributed by atoms with Crippen LogP contribution in [0, 0.1) is 5.41 Å². The Bertz CT molecular complexity index is 1000. The molecule has 0 spiro atoms. The highest BCUT2D eigenvalue weighted by atomic mass is 32.2. The molecule has 1 saturated heterocycles. The van der Waals surface area contributed by atoms with E-state index in [1.54, 1.807) is 4.90 Å². The summed E-state index contributed by atoms with van der Waals surface area (Å²) >= 11 is 3.78. The average Bonchev–Trinajstić information content (AvgIpc) is 3.34. The molecule has 2 amide bonds. The van der Waals surface area contributed by atoms with Crippen LogP contribution in [-0.2, 0) is 14.4 Å². The van der Waals surface area contributed by atoms with E-state index in [-0.39, 0.29) is 17.2 Å². The van der Waals surface area contributed by atoms with E-state index in [9.17, 15) is 19.5 Å². The molecule has 158 valence electrons. The summed E-state index contributed by atoms with van der Waals surface area (Å²) in [7, 11) is 3.62. The van der Waals surface area contributed by atoms with Crippen LogP contribution < -0.4 is 10.2 Å². The number of thioether (sulfide) groups is 2. The molecule has 2 unspecified atom stereocenters. The monoisotopic (exact) mass is 467 g/mol. The number of aromatic nitrogens is 2. The van der Waals surface area contributed by atoms with Gasteiger partial charge in [-0.25, -0.2) is 4.79 Å². The summed E-state index contributed by atoms with van der Waals surface area (Å²) < 4.78 is 0. The van der Waals surface area contributed by atoms with E-state index in [1.165, 1.54) is 33.5 Å². The summed E-state index contributed by atoms with van der Waals surface area (Å²) in [5, 5.41) is 29.2. The molecule has 3 aliphatic heterocycles. The van der Waals surface area contributed by atoms with Gasteiger partial charge in [0, 0.05) is 25.4 Å². The molecule has 1 aromatic heterocycles. The molecule has 11 nitrogen and oxygen atoms in total. The Morgan fingerprint density at radius 2 is 2.17 bits per heavy atom. The molecule has 0 saturated carbocycles. The molecular weight excluding hydrogens is 450 g/mol. The summed E-state index contributed by atoms with van der Waals surface area (Å²) in [5.41, 5.74) is 1.85. The fraction of sp³-hybridized carbons (Fsp3) is 0.438. The topological polar surface area (TPSA) is 152 Å². The third-order valence-corrected chi connectivity index (χ3v) is 7.83. The Kier molecular flexibility index (Phi) is 5.55. The fourth-order valence-corrected chi connectivity index (χ4v) is 6.03. The highest BCUT2D eigenvalue weighted by molar-refractivity contribution is 8.25. The van der Waals surface area contributed by atoms with Crippen molar-refractivity contribution >= 4 is 73.9 Å². The van der Waals surface area contributed by atoms with Crippen molar-refractivity contribution in [2.75, 3.05) is 24.7 Å². The molecule has 14 heteroatoms. The van der Waals surface area contributed by atoms with Crippen molar-refractivity contribution < 1.29 is 19.5 Å². The number of carbonyl (C=O) groups is 3. The van der Waals surface area contributed by atoms with Crippen molar-refractivity contribution in [3.63, 3.8) is 0 Å². The molecule has 3 atom stereocenters. The largest absolute Gasteiger partial charge is 0.477 e. The van der Waals surface area contributed by atoms with Crippen molar-refractivity contribution in [2.24, 2.45) is 4.99 Å². The molecule has 0 aromatic carbocycles. The van der Waals surface area contributed by atoms with Gasteiger partial charge >= 0.3 is 5.97 Å². The zero-order chi connectivity index (χ0) is 21.6. The smallest absolute Gasteiger partial charge is 0.353 e. The van der Waals surface area contributed by atoms with E-state index < -0.39 is 35.2 Å². The number of aliphatic carboxylic acids is 1. The lowest BCUT2D eigenvalue weighted by atomic mass is 10.0. The molecular formula is C16H17N7O4S3. The zero-order valence-corrected chi connectivity index (χ0v) is 18.3. The van der Waals surface area contributed by atoms with Crippen molar-refractivity contribution in [1.29, 1.82) is 5.41 Å². The first-order valence-corrected chi connectivity index (χ1v) is 11.5. The molecule has 30 heavy (non-hydrogen) atoms. The van der Waals surface area contributed by atoms with Gasteiger partial charge in [0.15, 0.2) is 0 Å². The Labute approximate surface area is 183 Å². The van der Waals surface area contributed by atoms with Crippen LogP contribution >= 0.6 is 34.9 Å². The average molecular weight is 468 g/mol. The third kappa shape index (κ3) is 3.58. The number of nitrogens with zero attached hydrogens (tertiary/aromatic N) is 5. The number of rotatable bonds is 6. The molecule has 1 aromatic rings. The predicted octanol–water partition coefficient (Wildman–Crippen LogP) is 0.311. The minimum absolute atomic E-state index is 0.0194. The number of hydrogen-bond donors (Lipinski definition) is 3. The second kappa shape index (κ2) is 8.00. The number of nitrogens with one attached hydrogen (secondary N) is 2. The number of amides is 2. The van der Waals surface area contributed by atoms with Crippen LogP contribution in [0.4, 0.5) is 5.13 Å². The Hall–Kier alpha value is -2.45. The van der Waals surface area contributed by atoms with E-state index >= 15 is 0 Å². The quantitative estimate of drug-likeness (QED) is 0.502. The van der Waals surface area contributed by atoms with Crippen LogP contribution in [0.3, 0.4) is 0 Å². The highest BCUT2D eigenvalue weighted by Crippen LogP contribution is 2.44. The molecule has 0 aliphatic carbocycles. The van der Waals surface area contributed by atoms with Crippen molar-refractivity contribution in [1.82, 2.24) is 20.4 Å². The minimum atomic E-state index is -1.22. The van der Waals surface area contributed by atoms with Crippen LogP contribution in [0.1, 0.15) is 11.4 Å². The second-order valence-corrected chi connectivity index (χ2v) is 9.78. The number of β-lactam (4-membered cyclic amide) rings is 1. The summed E-state index contributed by atoms with van der Waals surface area (Å²) in [6.07, 6.45) is -0.0194. The van der Waals surface area contributed by atoms with E-state index in [1.807, 2.05) is 14.1 Å². The lowest BCUT2D eigenvalue weighted by Crippen LogP contribution is -2.70. The van der Waals surface area contributed by atoms with Gasteiger partial charge in [-0.05, 0) is 0 Å². The third-order valence-electron chi connectivity index (χ3n) is 4.64. The molecule has 0 bridgehead atoms. The maximum Gasteiger partial charge on any atom is 0.353 e. The lowest BCUT2D eigenvalue weighted by Gasteiger charge is -2.49. The Morgan fingerprint density at radius 3 is 2.77 bits per heavy atom. The van der Waals surface area contributed by atoms with Gasteiger partial charge in [0.2, 0.25) is 11.0 Å². The Balaban J connectivity index is 1.51. The van der Waals surface area contributed by atoms with E-state index in [2.05, 4.69) is 20.5 Å². The summed E-state index contributed by atoms with van der Waals surface area (Å²) in [6.45, 7) is 0. The molecule has 1 fully saturated rings. The second-order valence-electron chi connectivity index (χ2n) is 6.83. The number of hydrogen-bond acceptors (Lipinski definition) is 11. The van der Waals surface area contributed by atoms with E-state index in [0.29, 0.717) is 21.5 Å². The molecule has 4 rings (SSSR count).